The number of nitrogens with one attached hydrogen (secondary N) is 2. The highest BCUT2D eigenvalue weighted by atomic mass is 16.7. The van der Waals surface area contributed by atoms with Gasteiger partial charge in [0.25, 0.3) is 5.91 Å². The summed E-state index contributed by atoms with van der Waals surface area (Å²) in [5.74, 6) is -2.20. The second-order valence-electron chi connectivity index (χ2n) is 8.87. The summed E-state index contributed by atoms with van der Waals surface area (Å²) < 4.78 is 5.52. The summed E-state index contributed by atoms with van der Waals surface area (Å²) in [6, 6.07) is 15.1. The van der Waals surface area contributed by atoms with Crippen molar-refractivity contribution in [2.24, 2.45) is 11.8 Å². The Morgan fingerprint density at radius 2 is 1.58 bits per heavy atom. The minimum absolute atomic E-state index is 0.0901. The van der Waals surface area contributed by atoms with Gasteiger partial charge in [-0.3, -0.25) is 9.63 Å². The lowest BCUT2D eigenvalue weighted by atomic mass is 9.98. The van der Waals surface area contributed by atoms with Crippen LogP contribution in [0.4, 0.5) is 4.79 Å². The molecule has 0 heterocycles. The standard InChI is InChI=1S/C25H28N2O6/c1-14(2)21(23(28)27-33-22(24(29)30)15-11-12-15)26-25(31)32-13-20-18-9-5-3-7-16(18)17-8-4-6-10-19(17)20/h3-10,14-15,20-22H,11-13H2,1-2H3,(H,26,31)(H,27,28)(H,29,30)/t21-,22?/m1/s1. The van der Waals surface area contributed by atoms with Crippen LogP contribution in [0.2, 0.25) is 0 Å². The molecule has 2 aromatic rings. The van der Waals surface area contributed by atoms with E-state index in [-0.39, 0.29) is 24.4 Å². The lowest BCUT2D eigenvalue weighted by Gasteiger charge is -2.23. The molecule has 0 spiro atoms. The van der Waals surface area contributed by atoms with E-state index in [1.54, 1.807) is 13.8 Å². The normalized spacial score (nSPS) is 16.5. The van der Waals surface area contributed by atoms with Crippen molar-refractivity contribution < 1.29 is 29.1 Å². The molecule has 0 radical (unpaired) electrons. The van der Waals surface area contributed by atoms with Gasteiger partial charge in [0.2, 0.25) is 0 Å². The summed E-state index contributed by atoms with van der Waals surface area (Å²) in [6.45, 7) is 3.67. The highest BCUT2D eigenvalue weighted by Gasteiger charge is 2.39. The molecular weight excluding hydrogens is 424 g/mol. The molecule has 2 aromatic carbocycles. The number of amides is 2. The van der Waals surface area contributed by atoms with Gasteiger partial charge in [-0.25, -0.2) is 15.1 Å². The van der Waals surface area contributed by atoms with E-state index < -0.39 is 30.1 Å². The first-order chi connectivity index (χ1) is 15.9. The van der Waals surface area contributed by atoms with Crippen LogP contribution in [0.5, 0.6) is 0 Å². The third-order valence-electron chi connectivity index (χ3n) is 6.15. The van der Waals surface area contributed by atoms with Gasteiger partial charge in [0.1, 0.15) is 12.6 Å². The number of carbonyl (C=O) groups is 3. The summed E-state index contributed by atoms with van der Waals surface area (Å²) in [5.41, 5.74) is 6.65. The fourth-order valence-corrected chi connectivity index (χ4v) is 4.23. The van der Waals surface area contributed by atoms with Crippen molar-refractivity contribution in [3.8, 4) is 11.1 Å². The van der Waals surface area contributed by atoms with Gasteiger partial charge in [0.05, 0.1) is 0 Å². The molecule has 2 aliphatic carbocycles. The number of carboxylic acids is 1. The largest absolute Gasteiger partial charge is 0.479 e. The summed E-state index contributed by atoms with van der Waals surface area (Å²) >= 11 is 0. The van der Waals surface area contributed by atoms with Gasteiger partial charge in [-0.1, -0.05) is 62.4 Å². The van der Waals surface area contributed by atoms with Gasteiger partial charge in [0, 0.05) is 5.92 Å². The minimum Gasteiger partial charge on any atom is -0.479 e. The number of alkyl carbamates (subject to hydrolysis) is 1. The molecule has 4 rings (SSSR count). The number of ether oxygens (including phenoxy) is 1. The van der Waals surface area contributed by atoms with Crippen LogP contribution in [-0.4, -0.2) is 41.8 Å². The third kappa shape index (κ3) is 5.01. The highest BCUT2D eigenvalue weighted by molar-refractivity contribution is 5.85. The first kappa shape index (κ1) is 22.8. The van der Waals surface area contributed by atoms with Gasteiger partial charge in [0.15, 0.2) is 6.10 Å². The van der Waals surface area contributed by atoms with Crippen molar-refractivity contribution in [1.29, 1.82) is 0 Å². The summed E-state index contributed by atoms with van der Waals surface area (Å²) in [7, 11) is 0. The van der Waals surface area contributed by atoms with E-state index in [0.717, 1.165) is 35.1 Å². The quantitative estimate of drug-likeness (QED) is 0.502. The zero-order valence-electron chi connectivity index (χ0n) is 18.6. The SMILES string of the molecule is CC(C)[C@@H](NC(=O)OCC1c2ccccc2-c2ccccc21)C(=O)NOC(C(=O)O)C1CC1. The number of hydrogen-bond acceptors (Lipinski definition) is 5. The molecule has 0 bridgehead atoms. The molecule has 2 atom stereocenters. The number of hydrogen-bond donors (Lipinski definition) is 3. The van der Waals surface area contributed by atoms with Crippen molar-refractivity contribution in [2.45, 2.75) is 44.8 Å². The maximum Gasteiger partial charge on any atom is 0.407 e. The highest BCUT2D eigenvalue weighted by Crippen LogP contribution is 2.44. The van der Waals surface area contributed by atoms with Crippen LogP contribution in [0.3, 0.4) is 0 Å². The molecular formula is C25H28N2O6. The minimum atomic E-state index is -1.12. The van der Waals surface area contributed by atoms with Crippen molar-refractivity contribution in [2.75, 3.05) is 6.61 Å². The summed E-state index contributed by atoms with van der Waals surface area (Å²) in [5, 5.41) is 11.8. The lowest BCUT2D eigenvalue weighted by molar-refractivity contribution is -0.163. The molecule has 174 valence electrons. The third-order valence-corrected chi connectivity index (χ3v) is 6.15. The predicted octanol–water partition coefficient (Wildman–Crippen LogP) is 3.46. The molecule has 1 fully saturated rings. The van der Waals surface area contributed by atoms with Gasteiger partial charge >= 0.3 is 12.1 Å². The maximum absolute atomic E-state index is 12.6. The molecule has 3 N–H and O–H groups in total. The second-order valence-corrected chi connectivity index (χ2v) is 8.87. The van der Waals surface area contributed by atoms with Gasteiger partial charge in [-0.05, 0) is 46.9 Å². The van der Waals surface area contributed by atoms with Crippen LogP contribution in [0, 0.1) is 11.8 Å². The first-order valence-electron chi connectivity index (χ1n) is 11.2. The van der Waals surface area contributed by atoms with E-state index in [0.29, 0.717) is 0 Å². The summed E-state index contributed by atoms with van der Waals surface area (Å²) in [4.78, 5) is 41.6. The molecule has 33 heavy (non-hydrogen) atoms. The molecule has 0 saturated heterocycles. The smallest absolute Gasteiger partial charge is 0.407 e. The van der Waals surface area contributed by atoms with Crippen LogP contribution in [0.1, 0.15) is 43.7 Å². The molecule has 2 aliphatic rings. The predicted molar refractivity (Wildman–Crippen MR) is 120 cm³/mol. The Hall–Kier alpha value is -3.39. The molecule has 2 amide bonds. The molecule has 8 heteroatoms. The van der Waals surface area contributed by atoms with Gasteiger partial charge < -0.3 is 15.2 Å². The number of hydroxylamine groups is 1. The fraction of sp³-hybridized carbons (Fsp3) is 0.400. The first-order valence-corrected chi connectivity index (χ1v) is 11.2. The Balaban J connectivity index is 1.36. The van der Waals surface area contributed by atoms with Crippen LogP contribution in [0.15, 0.2) is 48.5 Å². The number of rotatable bonds is 9. The number of carbonyl (C=O) groups excluding carboxylic acids is 2. The topological polar surface area (TPSA) is 114 Å². The molecule has 0 aromatic heterocycles. The van der Waals surface area contributed by atoms with E-state index in [1.807, 2.05) is 36.4 Å². The van der Waals surface area contributed by atoms with E-state index in [9.17, 15) is 19.5 Å². The molecule has 8 nitrogen and oxygen atoms in total. The average molecular weight is 453 g/mol. The van der Waals surface area contributed by atoms with E-state index in [1.165, 1.54) is 0 Å². The fourth-order valence-electron chi connectivity index (χ4n) is 4.23. The number of aliphatic carboxylic acids is 1. The average Bonchev–Trinajstić information content (AvgIpc) is 3.58. The van der Waals surface area contributed by atoms with E-state index in [2.05, 4.69) is 22.9 Å². The molecule has 1 saturated carbocycles. The van der Waals surface area contributed by atoms with Crippen LogP contribution >= 0.6 is 0 Å². The van der Waals surface area contributed by atoms with E-state index >= 15 is 0 Å². The van der Waals surface area contributed by atoms with Crippen molar-refractivity contribution in [3.05, 3.63) is 59.7 Å². The van der Waals surface area contributed by atoms with Crippen LogP contribution < -0.4 is 10.8 Å². The van der Waals surface area contributed by atoms with Gasteiger partial charge in [-0.15, -0.1) is 0 Å². The Kier molecular flexibility index (Phi) is 6.65. The van der Waals surface area contributed by atoms with Crippen LogP contribution in [0.25, 0.3) is 11.1 Å². The van der Waals surface area contributed by atoms with E-state index in [4.69, 9.17) is 9.57 Å². The van der Waals surface area contributed by atoms with Crippen molar-refractivity contribution in [3.63, 3.8) is 0 Å². The second kappa shape index (κ2) is 9.62. The molecule has 1 unspecified atom stereocenters. The zero-order chi connectivity index (χ0) is 23.5. The number of carboxylic acid groups (broad SMARTS) is 1. The molecule has 0 aliphatic heterocycles. The van der Waals surface area contributed by atoms with Crippen molar-refractivity contribution >= 4 is 18.0 Å². The lowest BCUT2D eigenvalue weighted by Crippen LogP contribution is -2.51. The Morgan fingerprint density at radius 3 is 2.09 bits per heavy atom. The monoisotopic (exact) mass is 452 g/mol. The Morgan fingerprint density at radius 1 is 1.00 bits per heavy atom. The van der Waals surface area contributed by atoms with Crippen molar-refractivity contribution in [1.82, 2.24) is 10.8 Å². The summed E-state index contributed by atoms with van der Waals surface area (Å²) in [6.07, 6.45) is -0.310. The Labute approximate surface area is 192 Å². The maximum atomic E-state index is 12.6. The zero-order valence-corrected chi connectivity index (χ0v) is 18.6. The number of benzene rings is 2. The number of fused-ring (bicyclic) bond motifs is 3. The Bertz CT molecular complexity index is 1000. The van der Waals surface area contributed by atoms with Gasteiger partial charge in [-0.2, -0.15) is 0 Å². The van der Waals surface area contributed by atoms with Crippen LogP contribution in [-0.2, 0) is 19.2 Å².